The van der Waals surface area contributed by atoms with Gasteiger partial charge >= 0.3 is 0 Å². The van der Waals surface area contributed by atoms with Gasteiger partial charge in [-0.3, -0.25) is 4.90 Å². The van der Waals surface area contributed by atoms with Gasteiger partial charge in [0.05, 0.1) is 7.11 Å². The van der Waals surface area contributed by atoms with E-state index in [4.69, 9.17) is 9.47 Å². The first-order valence-corrected chi connectivity index (χ1v) is 7.59. The van der Waals surface area contributed by atoms with Gasteiger partial charge in [-0.15, -0.1) is 12.4 Å². The van der Waals surface area contributed by atoms with Crippen LogP contribution in [-0.2, 0) is 0 Å². The van der Waals surface area contributed by atoms with Crippen LogP contribution >= 0.6 is 12.4 Å². The molecule has 1 aromatic rings. The number of hydrogen-bond acceptors (Lipinski definition) is 4. The van der Waals surface area contributed by atoms with E-state index >= 15 is 0 Å². The van der Waals surface area contributed by atoms with Gasteiger partial charge in [0.1, 0.15) is 6.61 Å². The van der Waals surface area contributed by atoms with Crippen LogP contribution in [0.1, 0.15) is 19.3 Å². The van der Waals surface area contributed by atoms with Crippen molar-refractivity contribution < 1.29 is 9.47 Å². The molecule has 21 heavy (non-hydrogen) atoms. The molecule has 2 unspecified atom stereocenters. The molecule has 2 aliphatic heterocycles. The minimum absolute atomic E-state index is 0. The van der Waals surface area contributed by atoms with E-state index in [1.165, 1.54) is 25.8 Å². The molecule has 0 amide bonds. The zero-order valence-corrected chi connectivity index (χ0v) is 13.4. The lowest BCUT2D eigenvalue weighted by Crippen LogP contribution is -2.37. The van der Waals surface area contributed by atoms with E-state index in [-0.39, 0.29) is 12.4 Å². The van der Waals surface area contributed by atoms with E-state index in [9.17, 15) is 0 Å². The van der Waals surface area contributed by atoms with Gasteiger partial charge < -0.3 is 14.8 Å². The van der Waals surface area contributed by atoms with Crippen molar-refractivity contribution in [3.8, 4) is 11.5 Å². The van der Waals surface area contributed by atoms with Crippen molar-refractivity contribution >= 4 is 12.4 Å². The summed E-state index contributed by atoms with van der Waals surface area (Å²) in [6, 6.07) is 9.28. The molecule has 1 N–H and O–H groups in total. The second-order valence-corrected chi connectivity index (χ2v) is 5.73. The third kappa shape index (κ3) is 4.25. The summed E-state index contributed by atoms with van der Waals surface area (Å²) in [5, 5.41) is 3.71. The Hall–Kier alpha value is -0.970. The van der Waals surface area contributed by atoms with Crippen LogP contribution in [0.4, 0.5) is 0 Å². The Kier molecular flexibility index (Phi) is 6.15. The molecule has 0 radical (unpaired) electrons. The minimum Gasteiger partial charge on any atom is -0.493 e. The molecule has 2 saturated heterocycles. The van der Waals surface area contributed by atoms with Gasteiger partial charge in [-0.05, 0) is 37.9 Å². The summed E-state index contributed by atoms with van der Waals surface area (Å²) in [6.07, 6.45) is 3.95. The Morgan fingerprint density at radius 3 is 2.71 bits per heavy atom. The SMILES string of the molecule is COc1ccccc1OCCN1CCC2CCC(C1)N2.Cl. The third-order valence-corrected chi connectivity index (χ3v) is 4.34. The van der Waals surface area contributed by atoms with Crippen molar-refractivity contribution in [1.29, 1.82) is 0 Å². The predicted octanol–water partition coefficient (Wildman–Crippen LogP) is 2.32. The summed E-state index contributed by atoms with van der Waals surface area (Å²) in [4.78, 5) is 2.52. The Labute approximate surface area is 133 Å². The molecule has 4 nitrogen and oxygen atoms in total. The van der Waals surface area contributed by atoms with Crippen LogP contribution < -0.4 is 14.8 Å². The molecule has 2 heterocycles. The van der Waals surface area contributed by atoms with Gasteiger partial charge in [-0.1, -0.05) is 12.1 Å². The molecule has 0 aliphatic carbocycles. The van der Waals surface area contributed by atoms with E-state index in [0.29, 0.717) is 6.04 Å². The number of methoxy groups -OCH3 is 1. The lowest BCUT2D eigenvalue weighted by Gasteiger charge is -2.24. The Morgan fingerprint density at radius 1 is 1.14 bits per heavy atom. The number of likely N-dealkylation sites (tertiary alicyclic amines) is 1. The Morgan fingerprint density at radius 2 is 1.90 bits per heavy atom. The van der Waals surface area contributed by atoms with E-state index < -0.39 is 0 Å². The number of rotatable bonds is 5. The Bertz CT molecular complexity index is 444. The minimum atomic E-state index is 0. The number of halogens is 1. The summed E-state index contributed by atoms with van der Waals surface area (Å²) >= 11 is 0. The third-order valence-electron chi connectivity index (χ3n) is 4.34. The second-order valence-electron chi connectivity index (χ2n) is 5.73. The van der Waals surface area contributed by atoms with Crippen molar-refractivity contribution in [3.05, 3.63) is 24.3 Å². The largest absolute Gasteiger partial charge is 0.493 e. The molecule has 2 fully saturated rings. The summed E-state index contributed by atoms with van der Waals surface area (Å²) in [5.74, 6) is 1.65. The Balaban J connectivity index is 0.00000161. The number of ether oxygens (including phenoxy) is 2. The quantitative estimate of drug-likeness (QED) is 0.905. The first kappa shape index (κ1) is 16.4. The molecular weight excluding hydrogens is 288 g/mol. The molecule has 2 bridgehead atoms. The predicted molar refractivity (Wildman–Crippen MR) is 86.7 cm³/mol. The highest BCUT2D eigenvalue weighted by Crippen LogP contribution is 2.26. The molecule has 5 heteroatoms. The maximum absolute atomic E-state index is 5.86. The van der Waals surface area contributed by atoms with E-state index in [1.807, 2.05) is 24.3 Å². The number of hydrogen-bond donors (Lipinski definition) is 1. The van der Waals surface area contributed by atoms with Gasteiger partial charge in [0.15, 0.2) is 11.5 Å². The highest BCUT2D eigenvalue weighted by Gasteiger charge is 2.28. The molecule has 0 saturated carbocycles. The maximum atomic E-state index is 5.86. The van der Waals surface area contributed by atoms with Crippen molar-refractivity contribution in [2.24, 2.45) is 0 Å². The first-order chi connectivity index (χ1) is 9.85. The zero-order valence-electron chi connectivity index (χ0n) is 12.6. The summed E-state index contributed by atoms with van der Waals surface area (Å²) in [6.45, 7) is 4.05. The zero-order chi connectivity index (χ0) is 13.8. The van der Waals surface area contributed by atoms with E-state index in [0.717, 1.165) is 37.2 Å². The highest BCUT2D eigenvalue weighted by molar-refractivity contribution is 5.85. The molecule has 2 atom stereocenters. The fourth-order valence-electron chi connectivity index (χ4n) is 3.24. The van der Waals surface area contributed by atoms with Gasteiger partial charge in [-0.25, -0.2) is 0 Å². The summed E-state index contributed by atoms with van der Waals surface area (Å²) in [5.41, 5.74) is 0. The first-order valence-electron chi connectivity index (χ1n) is 7.59. The fourth-order valence-corrected chi connectivity index (χ4v) is 3.24. The molecule has 0 spiro atoms. The van der Waals surface area contributed by atoms with Crippen LogP contribution in [0.3, 0.4) is 0 Å². The van der Waals surface area contributed by atoms with Crippen molar-refractivity contribution in [1.82, 2.24) is 10.2 Å². The van der Waals surface area contributed by atoms with Crippen molar-refractivity contribution in [2.75, 3.05) is 33.4 Å². The normalized spacial score (nSPS) is 25.0. The van der Waals surface area contributed by atoms with Crippen LogP contribution in [0.5, 0.6) is 11.5 Å². The number of nitrogens with zero attached hydrogens (tertiary/aromatic N) is 1. The van der Waals surface area contributed by atoms with Gasteiger partial charge in [0.2, 0.25) is 0 Å². The van der Waals surface area contributed by atoms with Crippen LogP contribution in [-0.4, -0.2) is 50.3 Å². The standard InChI is InChI=1S/C16H24N2O2.ClH/c1-19-15-4-2-3-5-16(15)20-11-10-18-9-8-13-6-7-14(12-18)17-13;/h2-5,13-14,17H,6-12H2,1H3;1H. The number of benzene rings is 1. The molecule has 3 rings (SSSR count). The smallest absolute Gasteiger partial charge is 0.161 e. The van der Waals surface area contributed by atoms with Crippen LogP contribution in [0.15, 0.2) is 24.3 Å². The summed E-state index contributed by atoms with van der Waals surface area (Å²) < 4.78 is 11.2. The number of nitrogens with one attached hydrogen (secondary N) is 1. The van der Waals surface area contributed by atoms with Crippen LogP contribution in [0.25, 0.3) is 0 Å². The number of fused-ring (bicyclic) bond motifs is 2. The second kappa shape index (κ2) is 7.87. The highest BCUT2D eigenvalue weighted by atomic mass is 35.5. The molecular formula is C16H25ClN2O2. The molecule has 2 aliphatic rings. The van der Waals surface area contributed by atoms with E-state index in [1.54, 1.807) is 7.11 Å². The topological polar surface area (TPSA) is 33.7 Å². The molecule has 0 aromatic heterocycles. The van der Waals surface area contributed by atoms with Crippen molar-refractivity contribution in [2.45, 2.75) is 31.3 Å². The van der Waals surface area contributed by atoms with E-state index in [2.05, 4.69) is 10.2 Å². The van der Waals surface area contributed by atoms with Crippen LogP contribution in [0.2, 0.25) is 0 Å². The maximum Gasteiger partial charge on any atom is 0.161 e. The summed E-state index contributed by atoms with van der Waals surface area (Å²) in [7, 11) is 1.68. The van der Waals surface area contributed by atoms with Gasteiger partial charge in [0, 0.05) is 25.2 Å². The lowest BCUT2D eigenvalue weighted by atomic mass is 10.1. The molecule has 1 aromatic carbocycles. The molecule has 118 valence electrons. The average molecular weight is 313 g/mol. The van der Waals surface area contributed by atoms with Gasteiger partial charge in [0.25, 0.3) is 0 Å². The van der Waals surface area contributed by atoms with Gasteiger partial charge in [-0.2, -0.15) is 0 Å². The average Bonchev–Trinajstić information content (AvgIpc) is 2.81. The lowest BCUT2D eigenvalue weighted by molar-refractivity contribution is 0.197. The van der Waals surface area contributed by atoms with Crippen LogP contribution in [0, 0.1) is 0 Å². The fraction of sp³-hybridized carbons (Fsp3) is 0.625. The van der Waals surface area contributed by atoms with Crippen molar-refractivity contribution in [3.63, 3.8) is 0 Å². The number of para-hydroxylation sites is 2. The monoisotopic (exact) mass is 312 g/mol.